The first kappa shape index (κ1) is 14.6. The van der Waals surface area contributed by atoms with Crippen molar-refractivity contribution in [3.05, 3.63) is 24.2 Å². The molecule has 1 fully saturated rings. The quantitative estimate of drug-likeness (QED) is 0.884. The van der Waals surface area contributed by atoms with Gasteiger partial charge in [-0.1, -0.05) is 26.7 Å². The molecule has 1 aliphatic rings. The van der Waals surface area contributed by atoms with E-state index in [0.717, 1.165) is 12.8 Å². The van der Waals surface area contributed by atoms with Crippen LogP contribution in [0.3, 0.4) is 0 Å². The standard InChI is InChI=1S/C15H22N2O3/c1-10-5-3-6-12(11(10)2)17-14(18)9-16-15(19)13-7-4-8-20-13/h4,7-8,10-12H,3,5-6,9H2,1-2H3,(H,16,19)(H,17,18)/t10-,11-,12+/m1/s1. The van der Waals surface area contributed by atoms with Crippen LogP contribution in [-0.2, 0) is 4.79 Å². The first-order chi connectivity index (χ1) is 9.58. The van der Waals surface area contributed by atoms with Crippen LogP contribution in [0, 0.1) is 11.8 Å². The predicted molar refractivity (Wildman–Crippen MR) is 75.2 cm³/mol. The number of furan rings is 1. The molecule has 3 atom stereocenters. The topological polar surface area (TPSA) is 71.3 Å². The van der Waals surface area contributed by atoms with Crippen molar-refractivity contribution in [1.82, 2.24) is 10.6 Å². The van der Waals surface area contributed by atoms with Gasteiger partial charge in [-0.05, 0) is 30.4 Å². The van der Waals surface area contributed by atoms with Gasteiger partial charge in [0.15, 0.2) is 5.76 Å². The number of nitrogens with one attached hydrogen (secondary N) is 2. The van der Waals surface area contributed by atoms with E-state index in [1.54, 1.807) is 12.1 Å². The maximum absolute atomic E-state index is 11.9. The van der Waals surface area contributed by atoms with Crippen LogP contribution in [0.4, 0.5) is 0 Å². The third kappa shape index (κ3) is 3.62. The fourth-order valence-electron chi connectivity index (χ4n) is 2.70. The molecular formula is C15H22N2O3. The molecule has 1 aromatic rings. The van der Waals surface area contributed by atoms with E-state index in [1.165, 1.54) is 12.7 Å². The minimum Gasteiger partial charge on any atom is -0.459 e. The van der Waals surface area contributed by atoms with Crippen LogP contribution in [0.25, 0.3) is 0 Å². The average Bonchev–Trinajstić information content (AvgIpc) is 2.95. The van der Waals surface area contributed by atoms with E-state index in [2.05, 4.69) is 24.5 Å². The number of amides is 2. The molecule has 20 heavy (non-hydrogen) atoms. The largest absolute Gasteiger partial charge is 0.459 e. The van der Waals surface area contributed by atoms with Crippen molar-refractivity contribution in [3.8, 4) is 0 Å². The van der Waals surface area contributed by atoms with E-state index in [4.69, 9.17) is 4.42 Å². The van der Waals surface area contributed by atoms with Crippen LogP contribution in [0.5, 0.6) is 0 Å². The van der Waals surface area contributed by atoms with Crippen molar-refractivity contribution in [1.29, 1.82) is 0 Å². The molecule has 5 heteroatoms. The van der Waals surface area contributed by atoms with Gasteiger partial charge < -0.3 is 15.1 Å². The first-order valence-electron chi connectivity index (χ1n) is 7.19. The molecule has 1 aromatic heterocycles. The van der Waals surface area contributed by atoms with E-state index >= 15 is 0 Å². The summed E-state index contributed by atoms with van der Waals surface area (Å²) in [6, 6.07) is 3.42. The summed E-state index contributed by atoms with van der Waals surface area (Å²) >= 11 is 0. The van der Waals surface area contributed by atoms with E-state index < -0.39 is 0 Å². The zero-order chi connectivity index (χ0) is 14.5. The SMILES string of the molecule is C[C@@H]1[C@H](C)CCC[C@@H]1NC(=O)CNC(=O)c1ccco1. The number of hydrogen-bond donors (Lipinski definition) is 2. The van der Waals surface area contributed by atoms with Gasteiger partial charge in [0.1, 0.15) is 0 Å². The van der Waals surface area contributed by atoms with Crippen molar-refractivity contribution in [2.24, 2.45) is 11.8 Å². The smallest absolute Gasteiger partial charge is 0.287 e. The Morgan fingerprint density at radius 3 is 2.85 bits per heavy atom. The lowest BCUT2D eigenvalue weighted by Gasteiger charge is -2.34. The third-order valence-corrected chi connectivity index (χ3v) is 4.21. The molecule has 0 aliphatic heterocycles. The molecule has 110 valence electrons. The Hall–Kier alpha value is -1.78. The fraction of sp³-hybridized carbons (Fsp3) is 0.600. The predicted octanol–water partition coefficient (Wildman–Crippen LogP) is 1.95. The van der Waals surface area contributed by atoms with Crippen molar-refractivity contribution in [2.75, 3.05) is 6.54 Å². The van der Waals surface area contributed by atoms with Crippen LogP contribution in [-0.4, -0.2) is 24.4 Å². The van der Waals surface area contributed by atoms with Crippen molar-refractivity contribution >= 4 is 11.8 Å². The van der Waals surface area contributed by atoms with Gasteiger partial charge in [0.25, 0.3) is 5.91 Å². The second kappa shape index (κ2) is 6.59. The summed E-state index contributed by atoms with van der Waals surface area (Å²) in [7, 11) is 0. The lowest BCUT2D eigenvalue weighted by atomic mass is 9.78. The van der Waals surface area contributed by atoms with Crippen LogP contribution >= 0.6 is 0 Å². The summed E-state index contributed by atoms with van der Waals surface area (Å²) in [5, 5.41) is 5.57. The van der Waals surface area contributed by atoms with Crippen molar-refractivity contribution < 1.29 is 14.0 Å². The normalized spacial score (nSPS) is 26.0. The lowest BCUT2D eigenvalue weighted by molar-refractivity contribution is -0.121. The monoisotopic (exact) mass is 278 g/mol. The van der Waals surface area contributed by atoms with Gasteiger partial charge in [-0.3, -0.25) is 9.59 Å². The molecule has 2 rings (SSSR count). The Balaban J connectivity index is 1.76. The fourth-order valence-corrected chi connectivity index (χ4v) is 2.70. The summed E-state index contributed by atoms with van der Waals surface area (Å²) in [5.74, 6) is 0.823. The van der Waals surface area contributed by atoms with E-state index in [9.17, 15) is 9.59 Å². The third-order valence-electron chi connectivity index (χ3n) is 4.21. The number of hydrogen-bond acceptors (Lipinski definition) is 3. The van der Waals surface area contributed by atoms with Gasteiger partial charge in [-0.2, -0.15) is 0 Å². The second-order valence-electron chi connectivity index (χ2n) is 5.60. The molecule has 0 spiro atoms. The highest BCUT2D eigenvalue weighted by Crippen LogP contribution is 2.29. The molecule has 0 radical (unpaired) electrons. The van der Waals surface area contributed by atoms with Gasteiger partial charge in [0.2, 0.25) is 5.91 Å². The molecule has 1 saturated carbocycles. The van der Waals surface area contributed by atoms with Gasteiger partial charge in [0, 0.05) is 6.04 Å². The van der Waals surface area contributed by atoms with Gasteiger partial charge >= 0.3 is 0 Å². The average molecular weight is 278 g/mol. The minimum absolute atomic E-state index is 0.0167. The number of rotatable bonds is 4. The summed E-state index contributed by atoms with van der Waals surface area (Å²) in [5.41, 5.74) is 0. The zero-order valence-corrected chi connectivity index (χ0v) is 12.0. The molecular weight excluding hydrogens is 256 g/mol. The maximum atomic E-state index is 11.9. The Kier molecular flexibility index (Phi) is 4.82. The van der Waals surface area contributed by atoms with Gasteiger partial charge in [0.05, 0.1) is 12.8 Å². The van der Waals surface area contributed by atoms with Crippen LogP contribution in [0.1, 0.15) is 43.7 Å². The van der Waals surface area contributed by atoms with Gasteiger partial charge in [-0.15, -0.1) is 0 Å². The van der Waals surface area contributed by atoms with Crippen LogP contribution in [0.2, 0.25) is 0 Å². The molecule has 0 saturated heterocycles. The summed E-state index contributed by atoms with van der Waals surface area (Å²) in [6.45, 7) is 4.38. The second-order valence-corrected chi connectivity index (χ2v) is 5.60. The Labute approximate surface area is 119 Å². The Morgan fingerprint density at radius 1 is 1.35 bits per heavy atom. The van der Waals surface area contributed by atoms with E-state index in [1.807, 2.05) is 0 Å². The summed E-state index contributed by atoms with van der Waals surface area (Å²) in [6.07, 6.45) is 4.82. The lowest BCUT2D eigenvalue weighted by Crippen LogP contribution is -2.47. The van der Waals surface area contributed by atoms with E-state index in [0.29, 0.717) is 11.8 Å². The minimum atomic E-state index is -0.366. The van der Waals surface area contributed by atoms with Crippen molar-refractivity contribution in [2.45, 2.75) is 39.2 Å². The van der Waals surface area contributed by atoms with Crippen LogP contribution < -0.4 is 10.6 Å². The zero-order valence-electron chi connectivity index (χ0n) is 12.0. The maximum Gasteiger partial charge on any atom is 0.287 e. The molecule has 0 unspecified atom stereocenters. The summed E-state index contributed by atoms with van der Waals surface area (Å²) < 4.78 is 4.96. The number of carbonyl (C=O) groups is 2. The van der Waals surface area contributed by atoms with Crippen molar-refractivity contribution in [3.63, 3.8) is 0 Å². The molecule has 2 N–H and O–H groups in total. The molecule has 0 aromatic carbocycles. The number of carbonyl (C=O) groups excluding carboxylic acids is 2. The first-order valence-corrected chi connectivity index (χ1v) is 7.19. The molecule has 5 nitrogen and oxygen atoms in total. The Morgan fingerprint density at radius 2 is 2.15 bits per heavy atom. The summed E-state index contributed by atoms with van der Waals surface area (Å²) in [4.78, 5) is 23.5. The van der Waals surface area contributed by atoms with E-state index in [-0.39, 0.29) is 30.2 Å². The molecule has 0 bridgehead atoms. The Bertz CT molecular complexity index is 456. The van der Waals surface area contributed by atoms with Gasteiger partial charge in [-0.25, -0.2) is 0 Å². The molecule has 1 aliphatic carbocycles. The highest BCUT2D eigenvalue weighted by molar-refractivity contribution is 5.94. The molecule has 1 heterocycles. The highest BCUT2D eigenvalue weighted by atomic mass is 16.3. The molecule has 2 amide bonds. The van der Waals surface area contributed by atoms with Crippen LogP contribution in [0.15, 0.2) is 22.8 Å². The highest BCUT2D eigenvalue weighted by Gasteiger charge is 2.28.